The van der Waals surface area contributed by atoms with Crippen LogP contribution in [0.2, 0.25) is 0 Å². The predicted octanol–water partition coefficient (Wildman–Crippen LogP) is 4.22. The molecule has 2 aromatic rings. The molecule has 0 aliphatic heterocycles. The average Bonchev–Trinajstić information content (AvgIpc) is 3.05. The Labute approximate surface area is 154 Å². The van der Waals surface area contributed by atoms with Gasteiger partial charge in [-0.15, -0.1) is 13.2 Å². The van der Waals surface area contributed by atoms with Crippen LogP contribution in [0, 0.1) is 0 Å². The summed E-state index contributed by atoms with van der Waals surface area (Å²) in [5.74, 6) is 0. The van der Waals surface area contributed by atoms with Crippen molar-refractivity contribution in [3.63, 3.8) is 0 Å². The van der Waals surface area contributed by atoms with Crippen LogP contribution in [0.3, 0.4) is 0 Å². The van der Waals surface area contributed by atoms with Crippen LogP contribution in [-0.4, -0.2) is 42.8 Å². The first-order valence-corrected chi connectivity index (χ1v) is 8.57. The molecule has 0 radical (unpaired) electrons. The van der Waals surface area contributed by atoms with Crippen LogP contribution in [-0.2, 0) is 22.4 Å². The van der Waals surface area contributed by atoms with Gasteiger partial charge in [0.05, 0.1) is 7.11 Å². The number of aromatic amines is 1. The molecule has 0 saturated heterocycles. The number of H-pyrrole nitrogens is 1. The first-order valence-electron chi connectivity index (χ1n) is 8.57. The fourth-order valence-electron chi connectivity index (χ4n) is 2.88. The molecule has 138 valence electrons. The van der Waals surface area contributed by atoms with Gasteiger partial charge in [-0.1, -0.05) is 30.4 Å². The number of rotatable bonds is 10. The normalized spacial score (nSPS) is 11.2. The third-order valence-electron chi connectivity index (χ3n) is 4.01. The maximum atomic E-state index is 10.9. The summed E-state index contributed by atoms with van der Waals surface area (Å²) in [6.07, 6.45) is 9.82. The molecule has 0 aliphatic carbocycles. The Hall–Kier alpha value is -2.79. The molecule has 2 rings (SSSR count). The number of carbonyl (C=O) groups is 1. The van der Waals surface area contributed by atoms with Gasteiger partial charge >= 0.3 is 6.16 Å². The van der Waals surface area contributed by atoms with Crippen molar-refractivity contribution in [1.29, 1.82) is 0 Å². The molecule has 0 spiro atoms. The van der Waals surface area contributed by atoms with E-state index < -0.39 is 6.16 Å². The second kappa shape index (κ2) is 10.3. The summed E-state index contributed by atoms with van der Waals surface area (Å²) in [5, 5.41) is 1.26. The number of fused-ring (bicyclic) bond motifs is 1. The summed E-state index contributed by atoms with van der Waals surface area (Å²) in [5.41, 5.74) is 3.66. The summed E-state index contributed by atoms with van der Waals surface area (Å²) < 4.78 is 9.27. The van der Waals surface area contributed by atoms with E-state index in [0.717, 1.165) is 31.6 Å². The van der Waals surface area contributed by atoms with E-state index in [9.17, 15) is 4.79 Å². The number of allylic oxidation sites excluding steroid dienone is 1. The van der Waals surface area contributed by atoms with Crippen LogP contribution in [0.1, 0.15) is 11.1 Å². The van der Waals surface area contributed by atoms with E-state index in [-0.39, 0.29) is 6.61 Å². The second-order valence-electron chi connectivity index (χ2n) is 5.87. The van der Waals surface area contributed by atoms with Crippen LogP contribution in [0.15, 0.2) is 61.9 Å². The van der Waals surface area contributed by atoms with E-state index in [4.69, 9.17) is 4.74 Å². The molecule has 1 N–H and O–H groups in total. The Morgan fingerprint density at radius 1 is 1.19 bits per heavy atom. The lowest BCUT2D eigenvalue weighted by molar-refractivity contribution is 0.0817. The number of ether oxygens (including phenoxy) is 2. The van der Waals surface area contributed by atoms with Gasteiger partial charge in [-0.05, 0) is 29.7 Å². The molecule has 0 unspecified atom stereocenters. The minimum absolute atomic E-state index is 0.200. The molecular formula is C21H26N2O3. The quantitative estimate of drug-likeness (QED) is 0.513. The van der Waals surface area contributed by atoms with Gasteiger partial charge < -0.3 is 14.5 Å². The third-order valence-corrected chi connectivity index (χ3v) is 4.01. The highest BCUT2D eigenvalue weighted by atomic mass is 16.7. The number of carbonyl (C=O) groups excluding carboxylic acids is 1. The highest BCUT2D eigenvalue weighted by molar-refractivity contribution is 5.86. The van der Waals surface area contributed by atoms with Crippen LogP contribution >= 0.6 is 0 Å². The zero-order chi connectivity index (χ0) is 18.8. The summed E-state index contributed by atoms with van der Waals surface area (Å²) >= 11 is 0. The van der Waals surface area contributed by atoms with E-state index in [1.165, 1.54) is 23.6 Å². The molecule has 5 heteroatoms. The number of aromatic nitrogens is 1. The Morgan fingerprint density at radius 3 is 2.77 bits per heavy atom. The first kappa shape index (κ1) is 19.5. The Kier molecular flexibility index (Phi) is 7.71. The van der Waals surface area contributed by atoms with Crippen molar-refractivity contribution in [3.8, 4) is 0 Å². The van der Waals surface area contributed by atoms with Crippen molar-refractivity contribution >= 4 is 17.1 Å². The van der Waals surface area contributed by atoms with Crippen LogP contribution < -0.4 is 0 Å². The van der Waals surface area contributed by atoms with Gasteiger partial charge in [0.1, 0.15) is 6.61 Å². The summed E-state index contributed by atoms with van der Waals surface area (Å²) in [6, 6.07) is 6.31. The van der Waals surface area contributed by atoms with Gasteiger partial charge in [0, 0.05) is 36.7 Å². The number of benzene rings is 1. The van der Waals surface area contributed by atoms with Gasteiger partial charge in [0.15, 0.2) is 0 Å². The lowest BCUT2D eigenvalue weighted by Crippen LogP contribution is -2.23. The summed E-state index contributed by atoms with van der Waals surface area (Å²) in [7, 11) is 1.29. The molecule has 0 saturated carbocycles. The van der Waals surface area contributed by atoms with Crippen LogP contribution in [0.25, 0.3) is 10.9 Å². The molecule has 5 nitrogen and oxygen atoms in total. The fraction of sp³-hybridized carbons (Fsp3) is 0.286. The molecule has 26 heavy (non-hydrogen) atoms. The van der Waals surface area contributed by atoms with E-state index >= 15 is 0 Å². The maximum Gasteiger partial charge on any atom is 0.508 e. The van der Waals surface area contributed by atoms with Gasteiger partial charge in [-0.2, -0.15) is 0 Å². The zero-order valence-corrected chi connectivity index (χ0v) is 15.2. The fourth-order valence-corrected chi connectivity index (χ4v) is 2.88. The Bertz CT molecular complexity index is 777. The van der Waals surface area contributed by atoms with Gasteiger partial charge in [-0.3, -0.25) is 4.90 Å². The van der Waals surface area contributed by atoms with Crippen molar-refractivity contribution in [3.05, 3.63) is 73.0 Å². The van der Waals surface area contributed by atoms with Gasteiger partial charge in [0.25, 0.3) is 0 Å². The minimum atomic E-state index is -0.675. The molecule has 1 aromatic heterocycles. The Balaban J connectivity index is 2.07. The number of methoxy groups -OCH3 is 1. The second-order valence-corrected chi connectivity index (χ2v) is 5.87. The predicted molar refractivity (Wildman–Crippen MR) is 105 cm³/mol. The highest BCUT2D eigenvalue weighted by Gasteiger charge is 2.10. The molecule has 0 fully saturated rings. The molecule has 0 atom stereocenters. The minimum Gasteiger partial charge on any atom is -0.438 e. The van der Waals surface area contributed by atoms with Crippen molar-refractivity contribution in [2.45, 2.75) is 13.0 Å². The number of nitrogens with one attached hydrogen (secondary N) is 1. The maximum absolute atomic E-state index is 10.9. The number of nitrogens with zero attached hydrogens (tertiary/aromatic N) is 1. The van der Waals surface area contributed by atoms with E-state index in [1.54, 1.807) is 0 Å². The molecule has 1 aromatic carbocycles. The van der Waals surface area contributed by atoms with Crippen molar-refractivity contribution in [2.24, 2.45) is 0 Å². The smallest absolute Gasteiger partial charge is 0.438 e. The van der Waals surface area contributed by atoms with Gasteiger partial charge in [-0.25, -0.2) is 4.79 Å². The third kappa shape index (κ3) is 5.36. The van der Waals surface area contributed by atoms with Crippen molar-refractivity contribution in [2.75, 3.05) is 26.8 Å². The van der Waals surface area contributed by atoms with E-state index in [1.807, 2.05) is 24.3 Å². The number of hydrogen-bond acceptors (Lipinski definition) is 4. The lowest BCUT2D eigenvalue weighted by Gasteiger charge is -2.20. The molecule has 0 aliphatic rings. The van der Waals surface area contributed by atoms with Crippen LogP contribution in [0.4, 0.5) is 4.79 Å². The molecule has 1 heterocycles. The average molecular weight is 354 g/mol. The SMILES string of the molecule is C=CCc1c[nH]c2cccc(CN(CC=C)C/C=C/COC(=O)OC)c12. The molecule has 0 bridgehead atoms. The summed E-state index contributed by atoms with van der Waals surface area (Å²) in [6.45, 7) is 10.2. The number of hydrogen-bond donors (Lipinski definition) is 1. The first-order chi connectivity index (χ1) is 12.7. The largest absolute Gasteiger partial charge is 0.508 e. The topological polar surface area (TPSA) is 54.6 Å². The van der Waals surface area contributed by atoms with E-state index in [2.05, 4.69) is 52.2 Å². The van der Waals surface area contributed by atoms with Crippen molar-refractivity contribution in [1.82, 2.24) is 9.88 Å². The van der Waals surface area contributed by atoms with Crippen molar-refractivity contribution < 1.29 is 14.3 Å². The lowest BCUT2D eigenvalue weighted by atomic mass is 10.0. The molecular weight excluding hydrogens is 328 g/mol. The van der Waals surface area contributed by atoms with Crippen LogP contribution in [0.5, 0.6) is 0 Å². The van der Waals surface area contributed by atoms with E-state index in [0.29, 0.717) is 0 Å². The monoisotopic (exact) mass is 354 g/mol. The summed E-state index contributed by atoms with van der Waals surface area (Å²) in [4.78, 5) is 16.5. The molecule has 0 amide bonds. The standard InChI is InChI=1S/C21H26N2O3/c1-4-9-17-15-22-19-11-8-10-18(20(17)19)16-23(12-5-2)13-6-7-14-26-21(24)25-3/h4-8,10-11,15,22H,1-2,9,12-14,16H2,3H3/b7-6+. The highest BCUT2D eigenvalue weighted by Crippen LogP contribution is 2.24. The zero-order valence-electron chi connectivity index (χ0n) is 15.2. The van der Waals surface area contributed by atoms with Gasteiger partial charge in [0.2, 0.25) is 0 Å². The Morgan fingerprint density at radius 2 is 2.04 bits per heavy atom.